The minimum atomic E-state index is -1.05. The van der Waals surface area contributed by atoms with Crippen molar-refractivity contribution in [2.45, 2.75) is 78.6 Å². The van der Waals surface area contributed by atoms with Crippen LogP contribution in [0.1, 0.15) is 63.8 Å². The molecule has 0 spiro atoms. The van der Waals surface area contributed by atoms with E-state index < -0.39 is 41.6 Å². The van der Waals surface area contributed by atoms with Crippen LogP contribution < -0.4 is 10.6 Å². The maximum Gasteiger partial charge on any atom is 0.408 e. The Bertz CT molecular complexity index is 915. The van der Waals surface area contributed by atoms with E-state index in [1.165, 1.54) is 12.0 Å². The van der Waals surface area contributed by atoms with Gasteiger partial charge in [-0.05, 0) is 59.1 Å². The van der Waals surface area contributed by atoms with Gasteiger partial charge in [-0.1, -0.05) is 30.7 Å². The average Bonchev–Trinajstić information content (AvgIpc) is 2.78. The first-order valence-electron chi connectivity index (χ1n) is 11.6. The molecule has 0 aliphatic carbocycles. The second-order valence-corrected chi connectivity index (χ2v) is 9.81. The van der Waals surface area contributed by atoms with E-state index in [2.05, 4.69) is 28.0 Å². The van der Waals surface area contributed by atoms with Crippen LogP contribution in [0.5, 0.6) is 0 Å². The van der Waals surface area contributed by atoms with Crippen LogP contribution in [0.3, 0.4) is 0 Å². The number of nitrogens with zero attached hydrogens (tertiary/aromatic N) is 1. The number of esters is 1. The number of alkyl carbamates (subject to hydrolysis) is 1. The lowest BCUT2D eigenvalue weighted by Crippen LogP contribution is -2.56. The summed E-state index contributed by atoms with van der Waals surface area (Å²) in [6.45, 7) is 12.3. The Morgan fingerprint density at radius 2 is 1.77 bits per heavy atom. The Hall–Kier alpha value is -2.75. The van der Waals surface area contributed by atoms with E-state index in [1.54, 1.807) is 20.8 Å². The van der Waals surface area contributed by atoms with Gasteiger partial charge in [0, 0.05) is 11.8 Å². The molecule has 0 saturated heterocycles. The number of benzene rings is 1. The van der Waals surface area contributed by atoms with E-state index in [9.17, 15) is 19.2 Å². The minimum absolute atomic E-state index is 0.00565. The van der Waals surface area contributed by atoms with Crippen molar-refractivity contribution in [2.75, 3.05) is 19.4 Å². The normalized spacial score (nSPS) is 13.7. The molecule has 3 amide bonds. The zero-order valence-electron chi connectivity index (χ0n) is 21.9. The van der Waals surface area contributed by atoms with Crippen molar-refractivity contribution in [1.82, 2.24) is 15.5 Å². The van der Waals surface area contributed by atoms with Gasteiger partial charge in [0.1, 0.15) is 24.2 Å². The third-order valence-corrected chi connectivity index (χ3v) is 5.75. The van der Waals surface area contributed by atoms with Crippen molar-refractivity contribution < 1.29 is 28.7 Å². The van der Waals surface area contributed by atoms with Crippen molar-refractivity contribution in [3.05, 3.63) is 34.9 Å². The molecule has 0 aliphatic rings. The maximum absolute atomic E-state index is 13.8. The summed E-state index contributed by atoms with van der Waals surface area (Å²) in [5, 5.41) is 5.16. The number of nitrogens with one attached hydrogen (secondary N) is 2. The van der Waals surface area contributed by atoms with Gasteiger partial charge < -0.3 is 25.0 Å². The maximum atomic E-state index is 13.8. The standard InChI is InChI=1S/C25H39N3O6S/c1-9-17(4)28(23(31)19(14-35)27-24(32)34-25(5,6)7)21(22(30)26-13-20(29)33-8)18-12-15(2)10-11-16(18)3/h10-12,17,19,21,35H,9,13-14H2,1-8H3,(H,26,30)(H,27,32). The summed E-state index contributed by atoms with van der Waals surface area (Å²) >= 11 is 4.28. The van der Waals surface area contributed by atoms with E-state index >= 15 is 0 Å². The zero-order valence-corrected chi connectivity index (χ0v) is 22.8. The fourth-order valence-electron chi connectivity index (χ4n) is 3.41. The van der Waals surface area contributed by atoms with E-state index in [0.717, 1.165) is 11.1 Å². The highest BCUT2D eigenvalue weighted by Crippen LogP contribution is 2.29. The van der Waals surface area contributed by atoms with Gasteiger partial charge in [-0.2, -0.15) is 12.6 Å². The van der Waals surface area contributed by atoms with E-state index in [-0.39, 0.29) is 18.3 Å². The lowest BCUT2D eigenvalue weighted by Gasteiger charge is -2.38. The Morgan fingerprint density at radius 1 is 1.14 bits per heavy atom. The van der Waals surface area contributed by atoms with E-state index in [4.69, 9.17) is 4.74 Å². The quantitative estimate of drug-likeness (QED) is 0.330. The molecule has 35 heavy (non-hydrogen) atoms. The molecular weight excluding hydrogens is 470 g/mol. The highest BCUT2D eigenvalue weighted by Gasteiger charge is 2.38. The van der Waals surface area contributed by atoms with Crippen LogP contribution in [0.2, 0.25) is 0 Å². The number of aryl methyl sites for hydroxylation is 2. The van der Waals surface area contributed by atoms with Crippen molar-refractivity contribution in [1.29, 1.82) is 0 Å². The SMILES string of the molecule is CCC(C)N(C(=O)C(CS)NC(=O)OC(C)(C)C)C(C(=O)NCC(=O)OC)c1cc(C)ccc1C. The molecule has 0 bridgehead atoms. The van der Waals surface area contributed by atoms with Crippen molar-refractivity contribution in [3.63, 3.8) is 0 Å². The molecule has 1 rings (SSSR count). The Balaban J connectivity index is 3.50. The van der Waals surface area contributed by atoms with Crippen molar-refractivity contribution in [2.24, 2.45) is 0 Å². The molecule has 3 unspecified atom stereocenters. The molecule has 0 heterocycles. The highest BCUT2D eigenvalue weighted by atomic mass is 32.1. The first kappa shape index (κ1) is 30.3. The number of ether oxygens (including phenoxy) is 2. The average molecular weight is 510 g/mol. The van der Waals surface area contributed by atoms with Gasteiger partial charge in [0.25, 0.3) is 0 Å². The summed E-state index contributed by atoms with van der Waals surface area (Å²) in [7, 11) is 1.23. The predicted molar refractivity (Wildman–Crippen MR) is 137 cm³/mol. The summed E-state index contributed by atoms with van der Waals surface area (Å²) in [5.41, 5.74) is 1.58. The first-order valence-corrected chi connectivity index (χ1v) is 12.2. The monoisotopic (exact) mass is 509 g/mol. The van der Waals surface area contributed by atoms with Crippen LogP contribution in [0, 0.1) is 13.8 Å². The molecule has 9 nitrogen and oxygen atoms in total. The third-order valence-electron chi connectivity index (χ3n) is 5.38. The summed E-state index contributed by atoms with van der Waals surface area (Å²) in [6.07, 6.45) is -0.212. The Kier molecular flexibility index (Phi) is 11.6. The van der Waals surface area contributed by atoms with E-state index in [1.807, 2.05) is 45.9 Å². The number of rotatable bonds is 10. The number of thiol groups is 1. The number of amides is 3. The van der Waals surface area contributed by atoms with Crippen LogP contribution in [0.4, 0.5) is 4.79 Å². The van der Waals surface area contributed by atoms with Crippen LogP contribution in [-0.4, -0.2) is 65.9 Å². The second-order valence-electron chi connectivity index (χ2n) is 9.44. The van der Waals surface area contributed by atoms with Crippen LogP contribution in [-0.2, 0) is 23.9 Å². The fourth-order valence-corrected chi connectivity index (χ4v) is 3.66. The van der Waals surface area contributed by atoms with Gasteiger partial charge in [-0.15, -0.1) is 0 Å². The van der Waals surface area contributed by atoms with Gasteiger partial charge >= 0.3 is 12.1 Å². The Labute approximate surface area is 213 Å². The lowest BCUT2D eigenvalue weighted by molar-refractivity contribution is -0.146. The summed E-state index contributed by atoms with van der Waals surface area (Å²) in [6, 6.07) is 3.17. The summed E-state index contributed by atoms with van der Waals surface area (Å²) < 4.78 is 9.94. The first-order chi connectivity index (χ1) is 16.2. The number of hydrogen-bond donors (Lipinski definition) is 3. The van der Waals surface area contributed by atoms with Gasteiger partial charge in [0.2, 0.25) is 11.8 Å². The molecule has 10 heteroatoms. The molecule has 0 aromatic heterocycles. The van der Waals surface area contributed by atoms with Gasteiger partial charge in [0.05, 0.1) is 7.11 Å². The fraction of sp³-hybridized carbons (Fsp3) is 0.600. The smallest absolute Gasteiger partial charge is 0.408 e. The number of carbonyl (C=O) groups is 4. The molecule has 0 fully saturated rings. The molecule has 0 aliphatic heterocycles. The summed E-state index contributed by atoms with van der Waals surface area (Å²) in [4.78, 5) is 52.8. The molecule has 1 aromatic rings. The van der Waals surface area contributed by atoms with Crippen LogP contribution >= 0.6 is 12.6 Å². The van der Waals surface area contributed by atoms with Crippen LogP contribution in [0.25, 0.3) is 0 Å². The highest BCUT2D eigenvalue weighted by molar-refractivity contribution is 7.80. The third kappa shape index (κ3) is 9.08. The predicted octanol–water partition coefficient (Wildman–Crippen LogP) is 3.08. The van der Waals surface area contributed by atoms with Crippen molar-refractivity contribution in [3.8, 4) is 0 Å². The van der Waals surface area contributed by atoms with Crippen LogP contribution in [0.15, 0.2) is 18.2 Å². The van der Waals surface area contributed by atoms with Crippen molar-refractivity contribution >= 4 is 36.5 Å². The molecule has 196 valence electrons. The zero-order chi connectivity index (χ0) is 26.9. The molecule has 3 atom stereocenters. The number of hydrogen-bond acceptors (Lipinski definition) is 7. The number of methoxy groups -OCH3 is 1. The molecule has 0 saturated carbocycles. The van der Waals surface area contributed by atoms with E-state index in [0.29, 0.717) is 12.0 Å². The molecule has 1 aromatic carbocycles. The topological polar surface area (TPSA) is 114 Å². The Morgan fingerprint density at radius 3 is 2.29 bits per heavy atom. The largest absolute Gasteiger partial charge is 0.468 e. The molecular formula is C25H39N3O6S. The lowest BCUT2D eigenvalue weighted by atomic mass is 9.94. The van der Waals surface area contributed by atoms with Gasteiger partial charge in [-0.3, -0.25) is 14.4 Å². The molecule has 2 N–H and O–H groups in total. The number of carbonyl (C=O) groups excluding carboxylic acids is 4. The van der Waals surface area contributed by atoms with Gasteiger partial charge in [-0.25, -0.2) is 4.79 Å². The summed E-state index contributed by atoms with van der Waals surface area (Å²) in [5.74, 6) is -1.64. The minimum Gasteiger partial charge on any atom is -0.468 e. The molecule has 0 radical (unpaired) electrons. The second kappa shape index (κ2) is 13.4. The van der Waals surface area contributed by atoms with Gasteiger partial charge in [0.15, 0.2) is 0 Å².